The van der Waals surface area contributed by atoms with Crippen molar-refractivity contribution in [1.29, 1.82) is 0 Å². The zero-order chi connectivity index (χ0) is 14.4. The highest BCUT2D eigenvalue weighted by atomic mass is 19.3. The van der Waals surface area contributed by atoms with Crippen molar-refractivity contribution >= 4 is 0 Å². The number of ether oxygens (including phenoxy) is 1. The van der Waals surface area contributed by atoms with Crippen molar-refractivity contribution < 1.29 is 23.0 Å². The molecule has 1 aromatic carbocycles. The summed E-state index contributed by atoms with van der Waals surface area (Å²) >= 11 is 0. The lowest BCUT2D eigenvalue weighted by Gasteiger charge is -2.20. The summed E-state index contributed by atoms with van der Waals surface area (Å²) in [6.45, 7) is -0.135. The summed E-state index contributed by atoms with van der Waals surface area (Å²) in [7, 11) is 2.91. The Labute approximate surface area is 110 Å². The summed E-state index contributed by atoms with van der Waals surface area (Å²) in [5.74, 6) is -0.313. The molecular weight excluding hydrogens is 259 g/mol. The van der Waals surface area contributed by atoms with Crippen LogP contribution in [-0.2, 0) is 0 Å². The van der Waals surface area contributed by atoms with Gasteiger partial charge in [-0.3, -0.25) is 0 Å². The molecule has 0 fully saturated rings. The van der Waals surface area contributed by atoms with Gasteiger partial charge in [0.2, 0.25) is 0 Å². The molecular formula is C13H18F3NO2. The fourth-order valence-electron chi connectivity index (χ4n) is 1.83. The lowest BCUT2D eigenvalue weighted by Crippen LogP contribution is -2.26. The predicted molar refractivity (Wildman–Crippen MR) is 66.0 cm³/mol. The number of aliphatic hydroxyl groups excluding tert-OH is 1. The van der Waals surface area contributed by atoms with Crippen LogP contribution < -0.4 is 4.74 Å². The van der Waals surface area contributed by atoms with Gasteiger partial charge in [-0.05, 0) is 25.6 Å². The van der Waals surface area contributed by atoms with E-state index >= 15 is 0 Å². The molecule has 1 unspecified atom stereocenters. The molecule has 108 valence electrons. The van der Waals surface area contributed by atoms with Crippen LogP contribution in [0.15, 0.2) is 18.2 Å². The molecule has 3 nitrogen and oxygen atoms in total. The molecule has 1 rings (SSSR count). The number of methoxy groups -OCH3 is 1. The van der Waals surface area contributed by atoms with Gasteiger partial charge >= 0.3 is 0 Å². The van der Waals surface area contributed by atoms with Gasteiger partial charge in [-0.2, -0.15) is 0 Å². The summed E-state index contributed by atoms with van der Waals surface area (Å²) < 4.78 is 42.9. The van der Waals surface area contributed by atoms with E-state index in [4.69, 9.17) is 4.74 Å². The van der Waals surface area contributed by atoms with Crippen molar-refractivity contribution in [2.24, 2.45) is 0 Å². The predicted octanol–water partition coefficient (Wildman–Crippen LogP) is 2.45. The van der Waals surface area contributed by atoms with E-state index < -0.39 is 18.3 Å². The minimum Gasteiger partial charge on any atom is -0.496 e. The third-order valence-corrected chi connectivity index (χ3v) is 2.80. The number of benzene rings is 1. The Hall–Kier alpha value is -1.27. The molecule has 0 aliphatic rings. The number of alkyl halides is 2. The van der Waals surface area contributed by atoms with Crippen LogP contribution in [0.4, 0.5) is 13.2 Å². The highest BCUT2D eigenvalue weighted by Gasteiger charge is 2.19. The van der Waals surface area contributed by atoms with Crippen LogP contribution in [0, 0.1) is 5.82 Å². The molecule has 1 atom stereocenters. The number of halogens is 3. The monoisotopic (exact) mass is 277 g/mol. The maximum atomic E-state index is 13.6. The van der Waals surface area contributed by atoms with Crippen LogP contribution in [0.1, 0.15) is 18.1 Å². The number of rotatable bonds is 7. The Kier molecular flexibility index (Phi) is 6.11. The van der Waals surface area contributed by atoms with Crippen LogP contribution >= 0.6 is 0 Å². The van der Waals surface area contributed by atoms with Crippen LogP contribution in [0.3, 0.4) is 0 Å². The van der Waals surface area contributed by atoms with Crippen molar-refractivity contribution in [2.45, 2.75) is 19.0 Å². The van der Waals surface area contributed by atoms with E-state index in [9.17, 15) is 18.3 Å². The van der Waals surface area contributed by atoms with Gasteiger partial charge < -0.3 is 14.7 Å². The minimum absolute atomic E-state index is 0.0652. The summed E-state index contributed by atoms with van der Waals surface area (Å²) in [6, 6.07) is 4.25. The van der Waals surface area contributed by atoms with Crippen molar-refractivity contribution in [3.8, 4) is 5.75 Å². The van der Waals surface area contributed by atoms with Gasteiger partial charge in [0.25, 0.3) is 6.43 Å². The van der Waals surface area contributed by atoms with Gasteiger partial charge in [0.1, 0.15) is 11.6 Å². The fraction of sp³-hybridized carbons (Fsp3) is 0.538. The summed E-state index contributed by atoms with van der Waals surface area (Å²) in [5.41, 5.74) is 0.0652. The summed E-state index contributed by atoms with van der Waals surface area (Å²) in [4.78, 5) is 1.39. The van der Waals surface area contributed by atoms with E-state index in [2.05, 4.69) is 0 Å². The zero-order valence-electron chi connectivity index (χ0n) is 10.9. The Morgan fingerprint density at radius 2 is 2.05 bits per heavy atom. The number of hydrogen-bond donors (Lipinski definition) is 1. The second-order valence-corrected chi connectivity index (χ2v) is 4.31. The van der Waals surface area contributed by atoms with Crippen molar-refractivity contribution in [3.63, 3.8) is 0 Å². The van der Waals surface area contributed by atoms with E-state index in [1.165, 1.54) is 31.2 Å². The molecule has 6 heteroatoms. The third-order valence-electron chi connectivity index (χ3n) is 2.80. The molecule has 19 heavy (non-hydrogen) atoms. The van der Waals surface area contributed by atoms with E-state index in [1.807, 2.05) is 0 Å². The van der Waals surface area contributed by atoms with Crippen molar-refractivity contribution in [1.82, 2.24) is 4.90 Å². The molecule has 0 heterocycles. The molecule has 1 aromatic rings. The second-order valence-electron chi connectivity index (χ2n) is 4.31. The molecule has 0 saturated carbocycles. The van der Waals surface area contributed by atoms with Crippen LogP contribution in [0.5, 0.6) is 5.75 Å². The first-order chi connectivity index (χ1) is 8.95. The summed E-state index contributed by atoms with van der Waals surface area (Å²) in [6.07, 6.45) is -3.36. The van der Waals surface area contributed by atoms with Gasteiger partial charge in [0.15, 0.2) is 0 Å². The summed E-state index contributed by atoms with van der Waals surface area (Å²) in [5, 5.41) is 9.96. The second kappa shape index (κ2) is 7.35. The molecule has 0 radical (unpaired) electrons. The van der Waals surface area contributed by atoms with Gasteiger partial charge in [0, 0.05) is 6.54 Å². The number of aliphatic hydroxyl groups is 1. The molecule has 1 N–H and O–H groups in total. The Morgan fingerprint density at radius 1 is 1.37 bits per heavy atom. The number of nitrogens with zero attached hydrogens (tertiary/aromatic N) is 1. The minimum atomic E-state index is -2.43. The van der Waals surface area contributed by atoms with Gasteiger partial charge in [0.05, 0.1) is 25.3 Å². The molecule has 0 bridgehead atoms. The molecule has 0 aliphatic heterocycles. The maximum absolute atomic E-state index is 13.6. The van der Waals surface area contributed by atoms with Crippen LogP contribution in [0.2, 0.25) is 0 Å². The largest absolute Gasteiger partial charge is 0.496 e. The first-order valence-electron chi connectivity index (χ1n) is 5.92. The third kappa shape index (κ3) is 4.72. The normalized spacial score (nSPS) is 13.1. The van der Waals surface area contributed by atoms with Crippen molar-refractivity contribution in [2.75, 3.05) is 27.2 Å². The average Bonchev–Trinajstić information content (AvgIpc) is 2.34. The smallest absolute Gasteiger partial charge is 0.251 e. The highest BCUT2D eigenvalue weighted by molar-refractivity contribution is 5.36. The fourth-order valence-corrected chi connectivity index (χ4v) is 1.83. The Balaban J connectivity index is 2.65. The molecule has 0 aliphatic carbocycles. The highest BCUT2D eigenvalue weighted by Crippen LogP contribution is 2.29. The van der Waals surface area contributed by atoms with Gasteiger partial charge in [-0.1, -0.05) is 6.07 Å². The topological polar surface area (TPSA) is 32.7 Å². The van der Waals surface area contributed by atoms with Gasteiger partial charge in [-0.15, -0.1) is 0 Å². The molecule has 0 aromatic heterocycles. The van der Waals surface area contributed by atoms with E-state index in [0.29, 0.717) is 0 Å². The Morgan fingerprint density at radius 3 is 2.63 bits per heavy atom. The number of hydrogen-bond acceptors (Lipinski definition) is 3. The molecule has 0 spiro atoms. The lowest BCUT2D eigenvalue weighted by molar-refractivity contribution is 0.0861. The quantitative estimate of drug-likeness (QED) is 0.831. The first kappa shape index (κ1) is 15.8. The van der Waals surface area contributed by atoms with E-state index in [0.717, 1.165) is 0 Å². The van der Waals surface area contributed by atoms with Crippen LogP contribution in [-0.4, -0.2) is 43.7 Å². The van der Waals surface area contributed by atoms with E-state index in [-0.39, 0.29) is 30.8 Å². The van der Waals surface area contributed by atoms with Gasteiger partial charge in [-0.25, -0.2) is 13.2 Å². The SMILES string of the molecule is COc1cccc(F)c1C(O)CCN(C)CC(F)F. The van der Waals surface area contributed by atoms with Crippen LogP contribution in [0.25, 0.3) is 0 Å². The standard InChI is InChI=1S/C13H18F3NO2/c1-17(8-12(15)16)7-6-10(18)13-9(14)4-3-5-11(13)19-2/h3-5,10,12,18H,6-8H2,1-2H3. The molecule has 0 saturated heterocycles. The maximum Gasteiger partial charge on any atom is 0.251 e. The molecule has 0 amide bonds. The average molecular weight is 277 g/mol. The van der Waals surface area contributed by atoms with E-state index in [1.54, 1.807) is 6.07 Å². The lowest BCUT2D eigenvalue weighted by atomic mass is 10.0. The first-order valence-corrected chi connectivity index (χ1v) is 5.92. The Bertz CT molecular complexity index is 401. The van der Waals surface area contributed by atoms with Crippen molar-refractivity contribution in [3.05, 3.63) is 29.6 Å². The zero-order valence-corrected chi connectivity index (χ0v) is 10.9.